The number of benzene rings is 2. The summed E-state index contributed by atoms with van der Waals surface area (Å²) in [6, 6.07) is 15.1. The van der Waals surface area contributed by atoms with Gasteiger partial charge in [-0.05, 0) is 48.0 Å². The number of aromatic hydroxyl groups is 2. The molecule has 26 heavy (non-hydrogen) atoms. The molecule has 2 aromatic carbocycles. The minimum absolute atomic E-state index is 0.00604. The molecule has 0 aliphatic carbocycles. The van der Waals surface area contributed by atoms with Crippen LogP contribution in [0.15, 0.2) is 66.9 Å². The number of nitrogens with zero attached hydrogens (tertiary/aromatic N) is 1. The number of phenols is 2. The van der Waals surface area contributed by atoms with Gasteiger partial charge in [0, 0.05) is 18.3 Å². The fourth-order valence-electron chi connectivity index (χ4n) is 2.68. The van der Waals surface area contributed by atoms with Gasteiger partial charge in [0.25, 0.3) is 0 Å². The van der Waals surface area contributed by atoms with E-state index in [1.54, 1.807) is 30.3 Å². The van der Waals surface area contributed by atoms with E-state index in [1.165, 1.54) is 19.2 Å². The van der Waals surface area contributed by atoms with Crippen LogP contribution >= 0.6 is 0 Å². The highest BCUT2D eigenvalue weighted by Crippen LogP contribution is 2.27. The van der Waals surface area contributed by atoms with Crippen LogP contribution in [0.5, 0.6) is 17.2 Å². The summed E-state index contributed by atoms with van der Waals surface area (Å²) in [5, 5.41) is 19.2. The second-order valence-electron chi connectivity index (χ2n) is 5.76. The molecule has 5 heteroatoms. The van der Waals surface area contributed by atoms with E-state index in [2.05, 4.69) is 0 Å². The smallest absolute Gasteiger partial charge is 0.209 e. The number of carbonyl (C=O) groups excluding carboxylic acids is 1. The van der Waals surface area contributed by atoms with Crippen LogP contribution in [0, 0.1) is 0 Å². The van der Waals surface area contributed by atoms with Gasteiger partial charge in [0.15, 0.2) is 11.5 Å². The summed E-state index contributed by atoms with van der Waals surface area (Å²) in [6.45, 7) is 0.513. The number of aromatic nitrogens is 1. The van der Waals surface area contributed by atoms with Crippen molar-refractivity contribution in [2.45, 2.75) is 6.54 Å². The van der Waals surface area contributed by atoms with E-state index in [0.717, 1.165) is 5.56 Å². The SMILES string of the molecule is COc1cc(C(=O)c2cccn2C/C=C/c2cccc(O)c2)ccc1O. The second-order valence-corrected chi connectivity index (χ2v) is 5.76. The number of ketones is 1. The number of hydrogen-bond acceptors (Lipinski definition) is 4. The Bertz CT molecular complexity index is 956. The van der Waals surface area contributed by atoms with Gasteiger partial charge in [-0.15, -0.1) is 0 Å². The summed E-state index contributed by atoms with van der Waals surface area (Å²) in [6.07, 6.45) is 5.64. The zero-order valence-electron chi connectivity index (χ0n) is 14.3. The molecule has 0 bridgehead atoms. The van der Waals surface area contributed by atoms with Crippen molar-refractivity contribution < 1.29 is 19.7 Å². The molecule has 0 unspecified atom stereocenters. The number of hydrogen-bond donors (Lipinski definition) is 2. The van der Waals surface area contributed by atoms with E-state index < -0.39 is 0 Å². The number of carbonyl (C=O) groups is 1. The summed E-state index contributed by atoms with van der Waals surface area (Å²) in [7, 11) is 1.44. The van der Waals surface area contributed by atoms with Crippen molar-refractivity contribution in [3.05, 3.63) is 83.7 Å². The first kappa shape index (κ1) is 17.4. The highest BCUT2D eigenvalue weighted by atomic mass is 16.5. The van der Waals surface area contributed by atoms with E-state index >= 15 is 0 Å². The highest BCUT2D eigenvalue weighted by Gasteiger charge is 2.15. The zero-order chi connectivity index (χ0) is 18.5. The van der Waals surface area contributed by atoms with E-state index in [0.29, 0.717) is 17.8 Å². The lowest BCUT2D eigenvalue weighted by molar-refractivity contribution is 0.103. The Hall–Kier alpha value is -3.47. The quantitative estimate of drug-likeness (QED) is 0.663. The van der Waals surface area contributed by atoms with Gasteiger partial charge in [0.05, 0.1) is 12.8 Å². The van der Waals surface area contributed by atoms with Crippen molar-refractivity contribution in [2.75, 3.05) is 7.11 Å². The lowest BCUT2D eigenvalue weighted by atomic mass is 10.1. The third-order valence-electron chi connectivity index (χ3n) is 3.99. The number of methoxy groups -OCH3 is 1. The topological polar surface area (TPSA) is 71.7 Å². The fraction of sp³-hybridized carbons (Fsp3) is 0.0952. The molecular weight excluding hydrogens is 330 g/mol. The van der Waals surface area contributed by atoms with E-state index in [1.807, 2.05) is 35.0 Å². The van der Waals surface area contributed by atoms with Crippen LogP contribution in [0.25, 0.3) is 6.08 Å². The minimum Gasteiger partial charge on any atom is -0.508 e. The van der Waals surface area contributed by atoms with E-state index in [-0.39, 0.29) is 23.0 Å². The van der Waals surface area contributed by atoms with Gasteiger partial charge in [-0.3, -0.25) is 4.79 Å². The summed E-state index contributed by atoms with van der Waals surface area (Å²) in [5.74, 6) is 0.315. The molecule has 0 amide bonds. The molecule has 0 aliphatic heterocycles. The van der Waals surface area contributed by atoms with Crippen molar-refractivity contribution >= 4 is 11.9 Å². The predicted octanol–water partition coefficient (Wildman–Crippen LogP) is 3.85. The average molecular weight is 349 g/mol. The summed E-state index contributed by atoms with van der Waals surface area (Å²) >= 11 is 0. The van der Waals surface area contributed by atoms with Crippen LogP contribution < -0.4 is 4.74 Å². The molecule has 1 heterocycles. The maximum absolute atomic E-state index is 12.8. The maximum atomic E-state index is 12.8. The molecule has 0 aliphatic rings. The van der Waals surface area contributed by atoms with Crippen molar-refractivity contribution in [3.63, 3.8) is 0 Å². The molecule has 1 aromatic heterocycles. The Balaban J connectivity index is 1.79. The molecule has 0 saturated carbocycles. The van der Waals surface area contributed by atoms with Crippen molar-refractivity contribution in [3.8, 4) is 17.2 Å². The number of ether oxygens (including phenoxy) is 1. The third-order valence-corrected chi connectivity index (χ3v) is 3.99. The molecule has 0 spiro atoms. The van der Waals surface area contributed by atoms with Crippen LogP contribution in [-0.4, -0.2) is 27.7 Å². The van der Waals surface area contributed by atoms with Crippen LogP contribution in [0.1, 0.15) is 21.6 Å². The van der Waals surface area contributed by atoms with Gasteiger partial charge in [0.1, 0.15) is 5.75 Å². The normalized spacial score (nSPS) is 11.0. The first-order valence-electron chi connectivity index (χ1n) is 8.11. The molecule has 0 saturated heterocycles. The number of phenolic OH excluding ortho intramolecular Hbond substituents is 2. The molecule has 3 aromatic rings. The number of allylic oxidation sites excluding steroid dienone is 1. The number of rotatable bonds is 6. The van der Waals surface area contributed by atoms with Gasteiger partial charge in [-0.25, -0.2) is 0 Å². The third kappa shape index (κ3) is 3.78. The van der Waals surface area contributed by atoms with Crippen LogP contribution in [0.4, 0.5) is 0 Å². The predicted molar refractivity (Wildman–Crippen MR) is 99.7 cm³/mol. The monoisotopic (exact) mass is 349 g/mol. The first-order chi connectivity index (χ1) is 12.6. The highest BCUT2D eigenvalue weighted by molar-refractivity contribution is 6.08. The lowest BCUT2D eigenvalue weighted by Gasteiger charge is -2.08. The first-order valence-corrected chi connectivity index (χ1v) is 8.11. The van der Waals surface area contributed by atoms with E-state index in [4.69, 9.17) is 4.74 Å². The Morgan fingerprint density at radius 1 is 1.12 bits per heavy atom. The average Bonchev–Trinajstić information content (AvgIpc) is 3.10. The van der Waals surface area contributed by atoms with Crippen LogP contribution in [-0.2, 0) is 6.54 Å². The molecular formula is C21H19NO4. The Morgan fingerprint density at radius 3 is 2.73 bits per heavy atom. The summed E-state index contributed by atoms with van der Waals surface area (Å²) in [5.41, 5.74) is 1.86. The molecule has 5 nitrogen and oxygen atoms in total. The standard InChI is InChI=1S/C21H19NO4/c1-26-20-14-16(9-10-19(20)24)21(25)18-8-4-12-22(18)11-3-6-15-5-2-7-17(23)13-15/h2-10,12-14,23-24H,11H2,1H3/b6-3+. The Labute approximate surface area is 151 Å². The van der Waals surface area contributed by atoms with Gasteiger partial charge in [-0.2, -0.15) is 0 Å². The largest absolute Gasteiger partial charge is 0.508 e. The molecule has 132 valence electrons. The molecule has 0 radical (unpaired) electrons. The molecule has 0 atom stereocenters. The second kappa shape index (κ2) is 7.61. The van der Waals surface area contributed by atoms with Crippen LogP contribution in [0.3, 0.4) is 0 Å². The Morgan fingerprint density at radius 2 is 1.96 bits per heavy atom. The van der Waals surface area contributed by atoms with Crippen molar-refractivity contribution in [1.29, 1.82) is 0 Å². The Kier molecular flexibility index (Phi) is 5.08. The molecule has 2 N–H and O–H groups in total. The van der Waals surface area contributed by atoms with Gasteiger partial charge in [0.2, 0.25) is 5.78 Å². The van der Waals surface area contributed by atoms with Crippen molar-refractivity contribution in [2.24, 2.45) is 0 Å². The minimum atomic E-state index is -0.154. The zero-order valence-corrected chi connectivity index (χ0v) is 14.3. The summed E-state index contributed by atoms with van der Waals surface area (Å²) < 4.78 is 6.90. The summed E-state index contributed by atoms with van der Waals surface area (Å²) in [4.78, 5) is 12.8. The molecule has 0 fully saturated rings. The molecule has 3 rings (SSSR count). The fourth-order valence-corrected chi connectivity index (χ4v) is 2.68. The van der Waals surface area contributed by atoms with Crippen LogP contribution in [0.2, 0.25) is 0 Å². The van der Waals surface area contributed by atoms with Gasteiger partial charge < -0.3 is 19.5 Å². The van der Waals surface area contributed by atoms with E-state index in [9.17, 15) is 15.0 Å². The maximum Gasteiger partial charge on any atom is 0.209 e. The van der Waals surface area contributed by atoms with Gasteiger partial charge in [-0.1, -0.05) is 24.3 Å². The lowest BCUT2D eigenvalue weighted by Crippen LogP contribution is -2.09. The van der Waals surface area contributed by atoms with Crippen molar-refractivity contribution in [1.82, 2.24) is 4.57 Å². The van der Waals surface area contributed by atoms with Gasteiger partial charge >= 0.3 is 0 Å².